The predicted molar refractivity (Wildman–Crippen MR) is 77.1 cm³/mol. The minimum atomic E-state index is -0.175. The van der Waals surface area contributed by atoms with E-state index in [9.17, 15) is 4.79 Å². The largest absolute Gasteiger partial charge is 0.378 e. The second-order valence-corrected chi connectivity index (χ2v) is 5.33. The summed E-state index contributed by atoms with van der Waals surface area (Å²) in [6, 6.07) is 7.38. The SMILES string of the molecule is O=C1N=C(N2CCOCC2)CN1Cc1cccc(Cl)c1. The van der Waals surface area contributed by atoms with E-state index in [1.807, 2.05) is 24.3 Å². The first kappa shape index (κ1) is 13.4. The van der Waals surface area contributed by atoms with Crippen LogP contribution in [-0.2, 0) is 11.3 Å². The number of halogens is 1. The molecule has 6 heteroatoms. The van der Waals surface area contributed by atoms with Crippen molar-refractivity contribution in [2.45, 2.75) is 6.54 Å². The third kappa shape index (κ3) is 2.94. The summed E-state index contributed by atoms with van der Waals surface area (Å²) < 4.78 is 5.31. The number of aliphatic imine (C=N–C) groups is 1. The van der Waals surface area contributed by atoms with E-state index in [1.54, 1.807) is 4.90 Å². The van der Waals surface area contributed by atoms with Crippen molar-refractivity contribution in [3.8, 4) is 0 Å². The van der Waals surface area contributed by atoms with E-state index in [1.165, 1.54) is 0 Å². The second kappa shape index (κ2) is 5.81. The Morgan fingerprint density at radius 2 is 2.10 bits per heavy atom. The van der Waals surface area contributed by atoms with E-state index in [0.29, 0.717) is 31.3 Å². The van der Waals surface area contributed by atoms with Crippen LogP contribution in [0.25, 0.3) is 0 Å². The van der Waals surface area contributed by atoms with Crippen molar-refractivity contribution in [2.24, 2.45) is 4.99 Å². The summed E-state index contributed by atoms with van der Waals surface area (Å²) in [5.74, 6) is 0.848. The van der Waals surface area contributed by atoms with Crippen LogP contribution in [0.5, 0.6) is 0 Å². The molecular weight excluding hydrogens is 278 g/mol. The zero-order chi connectivity index (χ0) is 13.9. The molecule has 20 heavy (non-hydrogen) atoms. The van der Waals surface area contributed by atoms with Gasteiger partial charge in [0.15, 0.2) is 0 Å². The highest BCUT2D eigenvalue weighted by Crippen LogP contribution is 2.16. The van der Waals surface area contributed by atoms with E-state index in [-0.39, 0.29) is 6.03 Å². The maximum Gasteiger partial charge on any atom is 0.345 e. The number of hydrogen-bond acceptors (Lipinski definition) is 3. The molecule has 1 aromatic carbocycles. The van der Waals surface area contributed by atoms with E-state index in [2.05, 4.69) is 9.89 Å². The maximum atomic E-state index is 12.0. The van der Waals surface area contributed by atoms with Gasteiger partial charge in [0.25, 0.3) is 0 Å². The number of morpholine rings is 1. The Morgan fingerprint density at radius 1 is 1.30 bits per heavy atom. The van der Waals surface area contributed by atoms with Gasteiger partial charge < -0.3 is 14.5 Å². The van der Waals surface area contributed by atoms with Crippen LogP contribution in [0.15, 0.2) is 29.3 Å². The minimum absolute atomic E-state index is 0.175. The summed E-state index contributed by atoms with van der Waals surface area (Å²) in [5.41, 5.74) is 1.02. The van der Waals surface area contributed by atoms with Gasteiger partial charge in [-0.15, -0.1) is 0 Å². The summed E-state index contributed by atoms with van der Waals surface area (Å²) >= 11 is 5.96. The lowest BCUT2D eigenvalue weighted by molar-refractivity contribution is 0.0673. The fourth-order valence-electron chi connectivity index (χ4n) is 2.43. The maximum absolute atomic E-state index is 12.0. The van der Waals surface area contributed by atoms with Crippen molar-refractivity contribution in [2.75, 3.05) is 32.8 Å². The van der Waals surface area contributed by atoms with Gasteiger partial charge in [-0.1, -0.05) is 23.7 Å². The molecule has 0 bridgehead atoms. The lowest BCUT2D eigenvalue weighted by atomic mass is 10.2. The Hall–Kier alpha value is -1.59. The lowest BCUT2D eigenvalue weighted by Crippen LogP contribution is -2.42. The topological polar surface area (TPSA) is 45.1 Å². The molecule has 2 amide bonds. The molecule has 0 radical (unpaired) electrons. The molecule has 3 rings (SSSR count). The zero-order valence-corrected chi connectivity index (χ0v) is 11.8. The molecule has 0 N–H and O–H groups in total. The molecule has 1 saturated heterocycles. The van der Waals surface area contributed by atoms with Crippen LogP contribution in [0.4, 0.5) is 4.79 Å². The molecule has 0 atom stereocenters. The van der Waals surface area contributed by atoms with Crippen molar-refractivity contribution < 1.29 is 9.53 Å². The number of rotatable bonds is 2. The van der Waals surface area contributed by atoms with Crippen molar-refractivity contribution in [1.82, 2.24) is 9.80 Å². The minimum Gasteiger partial charge on any atom is -0.378 e. The number of hydrogen-bond donors (Lipinski definition) is 0. The number of ether oxygens (including phenoxy) is 1. The van der Waals surface area contributed by atoms with Gasteiger partial charge in [-0.2, -0.15) is 4.99 Å². The summed E-state index contributed by atoms with van der Waals surface area (Å²) in [4.78, 5) is 20.0. The Balaban J connectivity index is 1.64. The molecule has 2 aliphatic heterocycles. The Labute approximate surface area is 122 Å². The second-order valence-electron chi connectivity index (χ2n) is 4.90. The zero-order valence-electron chi connectivity index (χ0n) is 11.1. The first-order chi connectivity index (χ1) is 9.72. The summed E-state index contributed by atoms with van der Waals surface area (Å²) in [7, 11) is 0. The number of benzene rings is 1. The Morgan fingerprint density at radius 3 is 2.85 bits per heavy atom. The van der Waals surface area contributed by atoms with Crippen molar-refractivity contribution in [3.05, 3.63) is 34.9 Å². The fraction of sp³-hybridized carbons (Fsp3) is 0.429. The average Bonchev–Trinajstić information content (AvgIpc) is 2.81. The van der Waals surface area contributed by atoms with Gasteiger partial charge in [0.2, 0.25) is 0 Å². The first-order valence-electron chi connectivity index (χ1n) is 6.66. The number of urea groups is 1. The smallest absolute Gasteiger partial charge is 0.345 e. The molecule has 0 aliphatic carbocycles. The molecule has 2 aliphatic rings. The monoisotopic (exact) mass is 293 g/mol. The van der Waals surface area contributed by atoms with Crippen LogP contribution in [0.3, 0.4) is 0 Å². The van der Waals surface area contributed by atoms with Crippen LogP contribution < -0.4 is 0 Å². The highest BCUT2D eigenvalue weighted by atomic mass is 35.5. The van der Waals surface area contributed by atoms with Crippen molar-refractivity contribution >= 4 is 23.5 Å². The molecule has 0 saturated carbocycles. The van der Waals surface area contributed by atoms with Crippen LogP contribution in [0.1, 0.15) is 5.56 Å². The summed E-state index contributed by atoms with van der Waals surface area (Å²) in [6.07, 6.45) is 0. The van der Waals surface area contributed by atoms with Gasteiger partial charge in [-0.3, -0.25) is 0 Å². The molecule has 5 nitrogen and oxygen atoms in total. The molecular formula is C14H16ClN3O2. The average molecular weight is 294 g/mol. The molecule has 1 fully saturated rings. The highest BCUT2D eigenvalue weighted by molar-refractivity contribution is 6.30. The molecule has 2 heterocycles. The Bertz CT molecular complexity index is 541. The van der Waals surface area contributed by atoms with Crippen LogP contribution in [0.2, 0.25) is 5.02 Å². The third-order valence-electron chi connectivity index (χ3n) is 3.47. The molecule has 0 spiro atoms. The quantitative estimate of drug-likeness (QED) is 0.838. The van der Waals surface area contributed by atoms with E-state index in [0.717, 1.165) is 24.5 Å². The standard InChI is InChI=1S/C14H16ClN3O2/c15-12-3-1-2-11(8-12)9-18-10-13(16-14(18)19)17-4-6-20-7-5-17/h1-3,8H,4-7,9-10H2. The lowest BCUT2D eigenvalue weighted by Gasteiger charge is -2.28. The Kier molecular flexibility index (Phi) is 3.89. The first-order valence-corrected chi connectivity index (χ1v) is 7.04. The van der Waals surface area contributed by atoms with Gasteiger partial charge in [0.1, 0.15) is 5.84 Å². The van der Waals surface area contributed by atoms with E-state index < -0.39 is 0 Å². The molecule has 0 aromatic heterocycles. The number of nitrogens with zero attached hydrogens (tertiary/aromatic N) is 3. The van der Waals surface area contributed by atoms with Gasteiger partial charge in [0.05, 0.1) is 19.8 Å². The summed E-state index contributed by atoms with van der Waals surface area (Å²) in [5, 5.41) is 0.684. The highest BCUT2D eigenvalue weighted by Gasteiger charge is 2.27. The molecule has 1 aromatic rings. The van der Waals surface area contributed by atoms with E-state index in [4.69, 9.17) is 16.3 Å². The van der Waals surface area contributed by atoms with E-state index >= 15 is 0 Å². The van der Waals surface area contributed by atoms with Gasteiger partial charge in [-0.25, -0.2) is 4.79 Å². The third-order valence-corrected chi connectivity index (χ3v) is 3.70. The van der Waals surface area contributed by atoms with Crippen LogP contribution >= 0.6 is 11.6 Å². The molecule has 106 valence electrons. The normalized spacial score (nSPS) is 19.4. The summed E-state index contributed by atoms with van der Waals surface area (Å²) in [6.45, 7) is 4.10. The predicted octanol–water partition coefficient (Wildman–Crippen LogP) is 2.01. The number of carbonyl (C=O) groups excluding carboxylic acids is 1. The van der Waals surface area contributed by atoms with Crippen molar-refractivity contribution in [1.29, 1.82) is 0 Å². The van der Waals surface area contributed by atoms with Crippen LogP contribution in [-0.4, -0.2) is 54.5 Å². The fourth-order valence-corrected chi connectivity index (χ4v) is 2.64. The van der Waals surface area contributed by atoms with Gasteiger partial charge in [-0.05, 0) is 17.7 Å². The van der Waals surface area contributed by atoms with Crippen LogP contribution in [0, 0.1) is 0 Å². The van der Waals surface area contributed by atoms with Gasteiger partial charge in [0, 0.05) is 24.7 Å². The number of carbonyl (C=O) groups is 1. The molecule has 0 unspecified atom stereocenters. The number of amidine groups is 1. The van der Waals surface area contributed by atoms with Crippen molar-refractivity contribution in [3.63, 3.8) is 0 Å². The van der Waals surface area contributed by atoms with Gasteiger partial charge >= 0.3 is 6.03 Å². The number of amides is 2.